The first-order valence-electron chi connectivity index (χ1n) is 9.67. The Kier molecular flexibility index (Phi) is 6.80. The summed E-state index contributed by atoms with van der Waals surface area (Å²) in [4.78, 5) is 11.6. The first-order valence-corrected chi connectivity index (χ1v) is 9.67. The molecule has 0 amide bonds. The minimum atomic E-state index is -0.192. The number of esters is 1. The van der Waals surface area contributed by atoms with Crippen LogP contribution in [0.3, 0.4) is 0 Å². The summed E-state index contributed by atoms with van der Waals surface area (Å²) in [7, 11) is 3.07. The molecule has 1 aliphatic carbocycles. The van der Waals surface area contributed by atoms with E-state index in [1.807, 2.05) is 55.5 Å². The van der Waals surface area contributed by atoms with Gasteiger partial charge in [-0.25, -0.2) is 0 Å². The van der Waals surface area contributed by atoms with Gasteiger partial charge in [0.15, 0.2) is 0 Å². The summed E-state index contributed by atoms with van der Waals surface area (Å²) >= 11 is 0. The van der Waals surface area contributed by atoms with E-state index in [1.54, 1.807) is 7.11 Å². The second-order valence-electron chi connectivity index (χ2n) is 7.34. The highest BCUT2D eigenvalue weighted by molar-refractivity contribution is 5.72. The van der Waals surface area contributed by atoms with Crippen LogP contribution in [0.2, 0.25) is 0 Å². The topological polar surface area (TPSA) is 54.0 Å². The number of hydrogen-bond donors (Lipinski definition) is 0. The van der Waals surface area contributed by atoms with E-state index in [4.69, 9.17) is 18.9 Å². The quantitative estimate of drug-likeness (QED) is 0.604. The van der Waals surface area contributed by atoms with Gasteiger partial charge >= 0.3 is 5.97 Å². The monoisotopic (exact) mass is 384 g/mol. The number of benzene rings is 2. The van der Waals surface area contributed by atoms with Crippen LogP contribution in [0, 0.1) is 11.8 Å². The first-order chi connectivity index (χ1) is 13.6. The molecule has 1 fully saturated rings. The Hall–Kier alpha value is -2.69. The van der Waals surface area contributed by atoms with Crippen molar-refractivity contribution in [3.05, 3.63) is 54.1 Å². The molecule has 5 nitrogen and oxygen atoms in total. The Morgan fingerprint density at radius 3 is 2.50 bits per heavy atom. The molecular weight excluding hydrogens is 356 g/mol. The van der Waals surface area contributed by atoms with Gasteiger partial charge in [-0.05, 0) is 55.0 Å². The van der Waals surface area contributed by atoms with Crippen LogP contribution in [-0.2, 0) is 16.0 Å². The van der Waals surface area contributed by atoms with E-state index in [2.05, 4.69) is 0 Å². The normalized spacial score (nSPS) is 19.2. The third kappa shape index (κ3) is 5.41. The zero-order chi connectivity index (χ0) is 19.9. The van der Waals surface area contributed by atoms with Crippen LogP contribution in [0.25, 0.3) is 0 Å². The number of rotatable bonds is 9. The van der Waals surface area contributed by atoms with E-state index in [-0.39, 0.29) is 18.0 Å². The average Bonchev–Trinajstić information content (AvgIpc) is 2.69. The van der Waals surface area contributed by atoms with Crippen molar-refractivity contribution in [2.75, 3.05) is 20.8 Å². The zero-order valence-corrected chi connectivity index (χ0v) is 16.7. The molecule has 0 bridgehead atoms. The summed E-state index contributed by atoms with van der Waals surface area (Å²) in [6.45, 7) is 2.55. The lowest BCUT2D eigenvalue weighted by molar-refractivity contribution is -0.144. The average molecular weight is 384 g/mol. The zero-order valence-electron chi connectivity index (χ0n) is 16.7. The van der Waals surface area contributed by atoms with Crippen molar-refractivity contribution >= 4 is 5.97 Å². The molecule has 5 heteroatoms. The van der Waals surface area contributed by atoms with E-state index in [1.165, 1.54) is 7.11 Å². The van der Waals surface area contributed by atoms with E-state index in [9.17, 15) is 4.79 Å². The van der Waals surface area contributed by atoms with Crippen molar-refractivity contribution < 1.29 is 23.7 Å². The van der Waals surface area contributed by atoms with Crippen LogP contribution >= 0.6 is 0 Å². The predicted octanol–water partition coefficient (Wildman–Crippen LogP) is 4.28. The number of hydrogen-bond acceptors (Lipinski definition) is 5. The Bertz CT molecular complexity index is 782. The molecule has 150 valence electrons. The van der Waals surface area contributed by atoms with Crippen LogP contribution < -0.4 is 14.2 Å². The molecule has 1 saturated carbocycles. The minimum absolute atomic E-state index is 0.165. The molecular formula is C23H28O5. The highest BCUT2D eigenvalue weighted by Crippen LogP contribution is 2.33. The standard InChI is InChI=1S/C23H28O5/c1-16(23(24)26-3)10-17-6-4-8-20(11-17)27-15-18-12-22(13-18)28-21-9-5-7-19(14-21)25-2/h4-9,11,14,16,18,22H,10,12-13,15H2,1-3H3. The van der Waals surface area contributed by atoms with E-state index in [0.717, 1.165) is 35.7 Å². The lowest BCUT2D eigenvalue weighted by Crippen LogP contribution is -2.37. The van der Waals surface area contributed by atoms with Gasteiger partial charge in [0.2, 0.25) is 0 Å². The summed E-state index contributed by atoms with van der Waals surface area (Å²) < 4.78 is 22.0. The Labute approximate surface area is 166 Å². The summed E-state index contributed by atoms with van der Waals surface area (Å²) in [5, 5.41) is 0. The second-order valence-corrected chi connectivity index (χ2v) is 7.34. The maximum Gasteiger partial charge on any atom is 0.308 e. The highest BCUT2D eigenvalue weighted by atomic mass is 16.5. The van der Waals surface area contributed by atoms with Crippen molar-refractivity contribution in [3.63, 3.8) is 0 Å². The molecule has 0 radical (unpaired) electrons. The van der Waals surface area contributed by atoms with Gasteiger partial charge in [-0.3, -0.25) is 4.79 Å². The van der Waals surface area contributed by atoms with Crippen molar-refractivity contribution in [2.24, 2.45) is 11.8 Å². The van der Waals surface area contributed by atoms with Gasteiger partial charge in [-0.2, -0.15) is 0 Å². The molecule has 0 aromatic heterocycles. The number of carbonyl (C=O) groups is 1. The molecule has 0 aliphatic heterocycles. The molecule has 2 aromatic rings. The SMILES string of the molecule is COC(=O)C(C)Cc1cccc(OCC2CC(Oc3cccc(OC)c3)C2)c1. The predicted molar refractivity (Wildman–Crippen MR) is 107 cm³/mol. The molecule has 0 saturated heterocycles. The maximum absolute atomic E-state index is 11.6. The molecule has 3 rings (SSSR count). The summed E-state index contributed by atoms with van der Waals surface area (Å²) in [5.74, 6) is 2.62. The number of ether oxygens (including phenoxy) is 4. The van der Waals surface area contributed by atoms with Gasteiger partial charge in [-0.1, -0.05) is 25.1 Å². The molecule has 1 aliphatic rings. The molecule has 2 aromatic carbocycles. The van der Waals surface area contributed by atoms with Crippen LogP contribution in [0.4, 0.5) is 0 Å². The molecule has 1 unspecified atom stereocenters. The van der Waals surface area contributed by atoms with Crippen LogP contribution in [-0.4, -0.2) is 32.9 Å². The Balaban J connectivity index is 1.42. The van der Waals surface area contributed by atoms with Gasteiger partial charge in [0.25, 0.3) is 0 Å². The van der Waals surface area contributed by atoms with Gasteiger partial charge < -0.3 is 18.9 Å². The van der Waals surface area contributed by atoms with Crippen molar-refractivity contribution in [2.45, 2.75) is 32.3 Å². The van der Waals surface area contributed by atoms with E-state index in [0.29, 0.717) is 18.9 Å². The van der Waals surface area contributed by atoms with Gasteiger partial charge in [-0.15, -0.1) is 0 Å². The van der Waals surface area contributed by atoms with Crippen LogP contribution in [0.1, 0.15) is 25.3 Å². The van der Waals surface area contributed by atoms with Crippen LogP contribution in [0.15, 0.2) is 48.5 Å². The Morgan fingerprint density at radius 1 is 1.04 bits per heavy atom. The van der Waals surface area contributed by atoms with Crippen molar-refractivity contribution in [3.8, 4) is 17.2 Å². The maximum atomic E-state index is 11.6. The van der Waals surface area contributed by atoms with E-state index < -0.39 is 0 Å². The third-order valence-corrected chi connectivity index (χ3v) is 5.07. The van der Waals surface area contributed by atoms with Crippen molar-refractivity contribution in [1.29, 1.82) is 0 Å². The number of carbonyl (C=O) groups excluding carboxylic acids is 1. The van der Waals surface area contributed by atoms with Gasteiger partial charge in [0.05, 0.1) is 32.8 Å². The van der Waals surface area contributed by atoms with Gasteiger partial charge in [0.1, 0.15) is 17.2 Å². The highest BCUT2D eigenvalue weighted by Gasteiger charge is 2.31. The summed E-state index contributed by atoms with van der Waals surface area (Å²) in [6.07, 6.45) is 2.84. The lowest BCUT2D eigenvalue weighted by Gasteiger charge is -2.35. The lowest BCUT2D eigenvalue weighted by atomic mass is 9.83. The first kappa shape index (κ1) is 20.1. The molecule has 28 heavy (non-hydrogen) atoms. The molecule has 0 heterocycles. The fraction of sp³-hybridized carbons (Fsp3) is 0.435. The van der Waals surface area contributed by atoms with Gasteiger partial charge in [0, 0.05) is 6.07 Å². The second kappa shape index (κ2) is 9.49. The molecule has 0 spiro atoms. The summed E-state index contributed by atoms with van der Waals surface area (Å²) in [5.41, 5.74) is 1.07. The van der Waals surface area contributed by atoms with Crippen LogP contribution in [0.5, 0.6) is 17.2 Å². The number of methoxy groups -OCH3 is 2. The molecule has 0 N–H and O–H groups in total. The summed E-state index contributed by atoms with van der Waals surface area (Å²) in [6, 6.07) is 15.6. The minimum Gasteiger partial charge on any atom is -0.497 e. The van der Waals surface area contributed by atoms with Crippen molar-refractivity contribution in [1.82, 2.24) is 0 Å². The fourth-order valence-electron chi connectivity index (χ4n) is 3.39. The largest absolute Gasteiger partial charge is 0.497 e. The smallest absolute Gasteiger partial charge is 0.308 e. The molecule has 1 atom stereocenters. The fourth-order valence-corrected chi connectivity index (χ4v) is 3.39. The third-order valence-electron chi connectivity index (χ3n) is 5.07. The van der Waals surface area contributed by atoms with E-state index >= 15 is 0 Å². The Morgan fingerprint density at radius 2 is 1.75 bits per heavy atom.